The predicted octanol–water partition coefficient (Wildman–Crippen LogP) is 4.66. The number of likely N-dealkylation sites (tertiary alicyclic amines) is 1. The van der Waals surface area contributed by atoms with E-state index in [-0.39, 0.29) is 0 Å². The number of nitrogens with one attached hydrogen (secondary N) is 1. The number of fused-ring (bicyclic) bond motifs is 1. The van der Waals surface area contributed by atoms with Gasteiger partial charge < -0.3 is 15.1 Å². The van der Waals surface area contributed by atoms with Gasteiger partial charge in [0.1, 0.15) is 5.82 Å². The second kappa shape index (κ2) is 10.1. The molecule has 0 bridgehead atoms. The Morgan fingerprint density at radius 3 is 2.45 bits per heavy atom. The SMILES string of the molecule is CCC(CC)CN1CC[C@@H](Nc2nc3c(c(N4CCCCCC4)n2)CCCC3)C1. The minimum atomic E-state index is 0.489. The largest absolute Gasteiger partial charge is 0.356 e. The molecule has 1 aliphatic carbocycles. The van der Waals surface area contributed by atoms with Crippen LogP contribution in [0.2, 0.25) is 0 Å². The van der Waals surface area contributed by atoms with Crippen molar-refractivity contribution in [1.29, 1.82) is 0 Å². The summed E-state index contributed by atoms with van der Waals surface area (Å²) in [6.07, 6.45) is 14.0. The quantitative estimate of drug-likeness (QED) is 0.722. The third-order valence-electron chi connectivity index (χ3n) is 7.34. The van der Waals surface area contributed by atoms with Crippen molar-refractivity contribution in [3.8, 4) is 0 Å². The first-order valence-corrected chi connectivity index (χ1v) is 12.4. The molecular formula is C24H41N5. The van der Waals surface area contributed by atoms with Gasteiger partial charge in [0.2, 0.25) is 5.95 Å². The molecule has 0 unspecified atom stereocenters. The highest BCUT2D eigenvalue weighted by Crippen LogP contribution is 2.31. The maximum atomic E-state index is 5.12. The minimum Gasteiger partial charge on any atom is -0.356 e. The zero-order valence-electron chi connectivity index (χ0n) is 18.8. The molecule has 0 radical (unpaired) electrons. The molecule has 5 nitrogen and oxygen atoms in total. The highest BCUT2D eigenvalue weighted by Gasteiger charge is 2.27. The Morgan fingerprint density at radius 1 is 0.931 bits per heavy atom. The molecule has 5 heteroatoms. The molecule has 0 saturated carbocycles. The van der Waals surface area contributed by atoms with Gasteiger partial charge in [0.05, 0.1) is 5.69 Å². The predicted molar refractivity (Wildman–Crippen MR) is 122 cm³/mol. The van der Waals surface area contributed by atoms with Crippen LogP contribution in [0.15, 0.2) is 0 Å². The fourth-order valence-electron chi connectivity index (χ4n) is 5.39. The first-order chi connectivity index (χ1) is 14.3. The van der Waals surface area contributed by atoms with Gasteiger partial charge in [-0.3, -0.25) is 0 Å². The van der Waals surface area contributed by atoms with Crippen molar-refractivity contribution < 1.29 is 0 Å². The Bertz CT molecular complexity index is 649. The van der Waals surface area contributed by atoms with Crippen molar-refractivity contribution >= 4 is 11.8 Å². The van der Waals surface area contributed by atoms with E-state index < -0.39 is 0 Å². The second-order valence-corrected chi connectivity index (χ2v) is 9.48. The molecule has 1 atom stereocenters. The lowest BCUT2D eigenvalue weighted by atomic mass is 9.96. The Balaban J connectivity index is 1.47. The van der Waals surface area contributed by atoms with Gasteiger partial charge in [0, 0.05) is 44.3 Å². The molecule has 0 aromatic carbocycles. The van der Waals surface area contributed by atoms with E-state index in [2.05, 4.69) is 29.0 Å². The third kappa shape index (κ3) is 5.22. The Labute approximate surface area is 177 Å². The van der Waals surface area contributed by atoms with E-state index in [9.17, 15) is 0 Å². The number of anilines is 2. The normalized spacial score (nSPS) is 23.3. The van der Waals surface area contributed by atoms with Crippen LogP contribution in [0.1, 0.15) is 82.9 Å². The zero-order valence-corrected chi connectivity index (χ0v) is 18.8. The molecule has 29 heavy (non-hydrogen) atoms. The van der Waals surface area contributed by atoms with Crippen LogP contribution >= 0.6 is 0 Å². The average Bonchev–Trinajstić information content (AvgIpc) is 3.01. The molecule has 2 aliphatic heterocycles. The summed E-state index contributed by atoms with van der Waals surface area (Å²) in [6, 6.07) is 0.489. The van der Waals surface area contributed by atoms with Crippen LogP contribution in [0, 0.1) is 5.92 Å². The van der Waals surface area contributed by atoms with E-state index in [0.29, 0.717) is 6.04 Å². The zero-order chi connectivity index (χ0) is 20.1. The summed E-state index contributed by atoms with van der Waals surface area (Å²) in [5, 5.41) is 3.73. The maximum Gasteiger partial charge on any atom is 0.225 e. The van der Waals surface area contributed by atoms with Crippen LogP contribution in [-0.2, 0) is 12.8 Å². The Morgan fingerprint density at radius 2 is 1.69 bits per heavy atom. The molecular weight excluding hydrogens is 358 g/mol. The van der Waals surface area contributed by atoms with Crippen LogP contribution in [-0.4, -0.2) is 53.6 Å². The standard InChI is InChI=1S/C24H41N5/c1-3-19(4-2)17-28-16-13-20(18-28)25-24-26-22-12-8-7-11-21(22)23(27-24)29-14-9-5-6-10-15-29/h19-20H,3-18H2,1-2H3,(H,25,26,27)/t20-/m1/s1. The van der Waals surface area contributed by atoms with Crippen LogP contribution in [0.5, 0.6) is 0 Å². The third-order valence-corrected chi connectivity index (χ3v) is 7.34. The molecule has 3 heterocycles. The van der Waals surface area contributed by atoms with Crippen molar-refractivity contribution in [3.63, 3.8) is 0 Å². The highest BCUT2D eigenvalue weighted by atomic mass is 15.3. The van der Waals surface area contributed by atoms with Crippen molar-refractivity contribution in [2.24, 2.45) is 5.92 Å². The first kappa shape index (κ1) is 20.9. The van der Waals surface area contributed by atoms with E-state index in [1.807, 2.05) is 0 Å². The van der Waals surface area contributed by atoms with Gasteiger partial charge in [0.25, 0.3) is 0 Å². The maximum absolute atomic E-state index is 5.12. The lowest BCUT2D eigenvalue weighted by molar-refractivity contribution is 0.266. The number of nitrogens with zero attached hydrogens (tertiary/aromatic N) is 4. The van der Waals surface area contributed by atoms with Gasteiger partial charge in [-0.15, -0.1) is 0 Å². The van der Waals surface area contributed by atoms with Crippen molar-refractivity contribution in [3.05, 3.63) is 11.3 Å². The molecule has 0 spiro atoms. The summed E-state index contributed by atoms with van der Waals surface area (Å²) in [5.74, 6) is 2.98. The number of hydrogen-bond acceptors (Lipinski definition) is 5. The molecule has 3 aliphatic rings. The summed E-state index contributed by atoms with van der Waals surface area (Å²) in [7, 11) is 0. The van der Waals surface area contributed by atoms with Gasteiger partial charge in [0.15, 0.2) is 0 Å². The lowest BCUT2D eigenvalue weighted by Gasteiger charge is -2.28. The lowest BCUT2D eigenvalue weighted by Crippen LogP contribution is -2.31. The van der Waals surface area contributed by atoms with Crippen molar-refractivity contribution in [2.45, 2.75) is 90.5 Å². The van der Waals surface area contributed by atoms with E-state index in [4.69, 9.17) is 9.97 Å². The first-order valence-electron chi connectivity index (χ1n) is 12.4. The highest BCUT2D eigenvalue weighted by molar-refractivity contribution is 5.54. The molecule has 1 aromatic rings. The molecule has 2 saturated heterocycles. The monoisotopic (exact) mass is 399 g/mol. The Kier molecular flexibility index (Phi) is 7.28. The number of aromatic nitrogens is 2. The van der Waals surface area contributed by atoms with Crippen molar-refractivity contribution in [2.75, 3.05) is 42.9 Å². The topological polar surface area (TPSA) is 44.3 Å². The van der Waals surface area contributed by atoms with Gasteiger partial charge in [-0.1, -0.05) is 39.5 Å². The van der Waals surface area contributed by atoms with Gasteiger partial charge in [-0.2, -0.15) is 4.98 Å². The van der Waals surface area contributed by atoms with Gasteiger partial charge in [-0.25, -0.2) is 4.98 Å². The summed E-state index contributed by atoms with van der Waals surface area (Å²) < 4.78 is 0. The van der Waals surface area contributed by atoms with E-state index in [1.165, 1.54) is 88.0 Å². The Hall–Kier alpha value is -1.36. The summed E-state index contributed by atoms with van der Waals surface area (Å²) >= 11 is 0. The average molecular weight is 400 g/mol. The van der Waals surface area contributed by atoms with Crippen LogP contribution in [0.25, 0.3) is 0 Å². The summed E-state index contributed by atoms with van der Waals surface area (Å²) in [6.45, 7) is 10.6. The summed E-state index contributed by atoms with van der Waals surface area (Å²) in [4.78, 5) is 15.3. The van der Waals surface area contributed by atoms with E-state index in [1.54, 1.807) is 0 Å². The second-order valence-electron chi connectivity index (χ2n) is 9.48. The van der Waals surface area contributed by atoms with Gasteiger partial charge in [-0.05, 0) is 50.9 Å². The van der Waals surface area contributed by atoms with E-state index >= 15 is 0 Å². The molecule has 2 fully saturated rings. The van der Waals surface area contributed by atoms with Crippen molar-refractivity contribution in [1.82, 2.24) is 14.9 Å². The molecule has 0 amide bonds. The fourth-order valence-corrected chi connectivity index (χ4v) is 5.39. The van der Waals surface area contributed by atoms with Crippen LogP contribution in [0.4, 0.5) is 11.8 Å². The molecule has 4 rings (SSSR count). The van der Waals surface area contributed by atoms with Gasteiger partial charge >= 0.3 is 0 Å². The fraction of sp³-hybridized carbons (Fsp3) is 0.833. The number of rotatable bonds is 7. The summed E-state index contributed by atoms with van der Waals surface area (Å²) in [5.41, 5.74) is 2.77. The molecule has 1 N–H and O–H groups in total. The molecule has 162 valence electrons. The molecule has 1 aromatic heterocycles. The van der Waals surface area contributed by atoms with Crippen LogP contribution in [0.3, 0.4) is 0 Å². The van der Waals surface area contributed by atoms with Crippen LogP contribution < -0.4 is 10.2 Å². The number of aryl methyl sites for hydroxylation is 1. The minimum absolute atomic E-state index is 0.489. The smallest absolute Gasteiger partial charge is 0.225 e. The number of hydrogen-bond donors (Lipinski definition) is 1. The van der Waals surface area contributed by atoms with E-state index in [0.717, 1.165) is 44.3 Å².